The Bertz CT molecular complexity index is 536. The second-order valence-electron chi connectivity index (χ2n) is 7.57. The maximum absolute atomic E-state index is 9.28. The number of hydrogen-bond acceptors (Lipinski definition) is 1. The van der Waals surface area contributed by atoms with E-state index in [2.05, 4.69) is 71.1 Å². The van der Waals surface area contributed by atoms with E-state index in [0.29, 0.717) is 11.8 Å². The van der Waals surface area contributed by atoms with E-state index in [4.69, 9.17) is 0 Å². The van der Waals surface area contributed by atoms with Crippen LogP contribution in [0.3, 0.4) is 0 Å². The standard InChI is InChI=1S/C22H34O/c1-17(12-14-20(4)23)9-7-10-18(2)13-15-21-19(3)11-8-16-22(21,5)6/h7,9-10,12-13,15,20,23H,8,11,14,16H2,1-6H3. The number of rotatable bonds is 6. The third kappa shape index (κ3) is 7.18. The van der Waals surface area contributed by atoms with Crippen molar-refractivity contribution in [2.75, 3.05) is 0 Å². The number of allylic oxidation sites excluding steroid dienone is 9. The summed E-state index contributed by atoms with van der Waals surface area (Å²) in [4.78, 5) is 0. The first-order valence-electron chi connectivity index (χ1n) is 8.80. The van der Waals surface area contributed by atoms with Crippen LogP contribution in [-0.4, -0.2) is 11.2 Å². The zero-order valence-corrected chi connectivity index (χ0v) is 15.8. The predicted octanol–water partition coefficient (Wildman–Crippen LogP) is 6.29. The molecule has 0 saturated carbocycles. The fraction of sp³-hybridized carbons (Fsp3) is 0.545. The van der Waals surface area contributed by atoms with Gasteiger partial charge in [-0.15, -0.1) is 0 Å². The van der Waals surface area contributed by atoms with Gasteiger partial charge < -0.3 is 5.11 Å². The van der Waals surface area contributed by atoms with Gasteiger partial charge in [0.05, 0.1) is 6.10 Å². The van der Waals surface area contributed by atoms with Gasteiger partial charge in [-0.1, -0.05) is 67.0 Å². The van der Waals surface area contributed by atoms with Crippen LogP contribution in [-0.2, 0) is 0 Å². The third-order valence-corrected chi connectivity index (χ3v) is 4.55. The highest BCUT2D eigenvalue weighted by Gasteiger charge is 2.26. The summed E-state index contributed by atoms with van der Waals surface area (Å²) in [5.74, 6) is 0. The molecule has 1 rings (SSSR count). The molecular weight excluding hydrogens is 280 g/mol. The van der Waals surface area contributed by atoms with Gasteiger partial charge in [-0.25, -0.2) is 0 Å². The Morgan fingerprint density at radius 2 is 1.91 bits per heavy atom. The second-order valence-corrected chi connectivity index (χ2v) is 7.57. The molecule has 1 aliphatic carbocycles. The van der Waals surface area contributed by atoms with Crippen LogP contribution in [0.25, 0.3) is 0 Å². The molecule has 0 aromatic heterocycles. The lowest BCUT2D eigenvalue weighted by Crippen LogP contribution is -2.19. The molecule has 1 N–H and O–H groups in total. The summed E-state index contributed by atoms with van der Waals surface area (Å²) < 4.78 is 0. The molecule has 1 nitrogen and oxygen atoms in total. The summed E-state index contributed by atoms with van der Waals surface area (Å²) in [6.07, 6.45) is 17.2. The fourth-order valence-corrected chi connectivity index (χ4v) is 3.06. The summed E-state index contributed by atoms with van der Waals surface area (Å²) in [5, 5.41) is 9.28. The summed E-state index contributed by atoms with van der Waals surface area (Å²) in [6, 6.07) is 0. The Labute approximate surface area is 143 Å². The van der Waals surface area contributed by atoms with Crippen molar-refractivity contribution in [2.45, 2.75) is 73.3 Å². The van der Waals surface area contributed by atoms with Gasteiger partial charge in [-0.2, -0.15) is 0 Å². The van der Waals surface area contributed by atoms with E-state index in [1.165, 1.54) is 41.6 Å². The van der Waals surface area contributed by atoms with Crippen molar-refractivity contribution in [3.8, 4) is 0 Å². The Morgan fingerprint density at radius 3 is 2.52 bits per heavy atom. The highest BCUT2D eigenvalue weighted by molar-refractivity contribution is 5.37. The summed E-state index contributed by atoms with van der Waals surface area (Å²) in [6.45, 7) is 13.0. The van der Waals surface area contributed by atoms with Crippen molar-refractivity contribution < 1.29 is 5.11 Å². The predicted molar refractivity (Wildman–Crippen MR) is 102 cm³/mol. The van der Waals surface area contributed by atoms with Gasteiger partial charge in [0.1, 0.15) is 0 Å². The molecule has 0 spiro atoms. The van der Waals surface area contributed by atoms with E-state index >= 15 is 0 Å². The van der Waals surface area contributed by atoms with E-state index in [1.54, 1.807) is 0 Å². The van der Waals surface area contributed by atoms with Crippen LogP contribution in [0, 0.1) is 5.41 Å². The van der Waals surface area contributed by atoms with Crippen molar-refractivity contribution in [3.63, 3.8) is 0 Å². The molecule has 0 bridgehead atoms. The minimum Gasteiger partial charge on any atom is -0.393 e. The first kappa shape index (κ1) is 19.7. The maximum atomic E-state index is 9.28. The van der Waals surface area contributed by atoms with Crippen LogP contribution < -0.4 is 0 Å². The molecule has 1 atom stereocenters. The van der Waals surface area contributed by atoms with E-state index < -0.39 is 0 Å². The van der Waals surface area contributed by atoms with Crippen LogP contribution >= 0.6 is 0 Å². The number of aliphatic hydroxyl groups is 1. The zero-order valence-electron chi connectivity index (χ0n) is 15.8. The van der Waals surface area contributed by atoms with Gasteiger partial charge in [0, 0.05) is 0 Å². The Morgan fingerprint density at radius 1 is 1.22 bits per heavy atom. The Balaban J connectivity index is 2.71. The SMILES string of the molecule is CC(C=CC1=C(C)CCCC1(C)C)=CC=CC(C)=CCC(C)O. The van der Waals surface area contributed by atoms with Crippen molar-refractivity contribution in [1.82, 2.24) is 0 Å². The molecule has 0 aromatic carbocycles. The quantitative estimate of drug-likeness (QED) is 0.571. The topological polar surface area (TPSA) is 20.2 Å². The van der Waals surface area contributed by atoms with Crippen LogP contribution in [0.4, 0.5) is 0 Å². The molecule has 0 saturated heterocycles. The molecule has 128 valence electrons. The van der Waals surface area contributed by atoms with Crippen molar-refractivity contribution in [2.24, 2.45) is 5.41 Å². The highest BCUT2D eigenvalue weighted by Crippen LogP contribution is 2.40. The zero-order chi connectivity index (χ0) is 17.5. The van der Waals surface area contributed by atoms with Crippen molar-refractivity contribution >= 4 is 0 Å². The molecule has 0 radical (unpaired) electrons. The van der Waals surface area contributed by atoms with Gasteiger partial charge in [-0.05, 0) is 64.4 Å². The van der Waals surface area contributed by atoms with E-state index in [-0.39, 0.29) is 6.10 Å². The number of hydrogen-bond donors (Lipinski definition) is 1. The van der Waals surface area contributed by atoms with Crippen LogP contribution in [0.1, 0.15) is 67.2 Å². The highest BCUT2D eigenvalue weighted by atomic mass is 16.3. The third-order valence-electron chi connectivity index (χ3n) is 4.55. The Kier molecular flexibility index (Phi) is 7.78. The van der Waals surface area contributed by atoms with Crippen molar-refractivity contribution in [3.05, 3.63) is 58.7 Å². The lowest BCUT2D eigenvalue weighted by atomic mass is 9.72. The monoisotopic (exact) mass is 314 g/mol. The lowest BCUT2D eigenvalue weighted by Gasteiger charge is -2.32. The minimum atomic E-state index is -0.270. The van der Waals surface area contributed by atoms with Gasteiger partial charge in [0.15, 0.2) is 0 Å². The summed E-state index contributed by atoms with van der Waals surface area (Å²) >= 11 is 0. The van der Waals surface area contributed by atoms with E-state index in [9.17, 15) is 5.11 Å². The molecule has 0 amide bonds. The molecular formula is C22H34O. The van der Waals surface area contributed by atoms with Gasteiger partial charge in [0.2, 0.25) is 0 Å². The summed E-state index contributed by atoms with van der Waals surface area (Å²) in [7, 11) is 0. The minimum absolute atomic E-state index is 0.270. The van der Waals surface area contributed by atoms with Crippen LogP contribution in [0.2, 0.25) is 0 Å². The number of aliphatic hydroxyl groups excluding tert-OH is 1. The average molecular weight is 315 g/mol. The molecule has 1 unspecified atom stereocenters. The first-order chi connectivity index (χ1) is 10.7. The average Bonchev–Trinajstić information content (AvgIpc) is 2.44. The largest absolute Gasteiger partial charge is 0.393 e. The van der Waals surface area contributed by atoms with Gasteiger partial charge in [0.25, 0.3) is 0 Å². The molecule has 0 aliphatic heterocycles. The fourth-order valence-electron chi connectivity index (χ4n) is 3.06. The van der Waals surface area contributed by atoms with Gasteiger partial charge in [-0.3, -0.25) is 0 Å². The second kappa shape index (κ2) is 9.08. The molecule has 1 aliphatic rings. The molecule has 23 heavy (non-hydrogen) atoms. The molecule has 0 aromatic rings. The maximum Gasteiger partial charge on any atom is 0.0546 e. The van der Waals surface area contributed by atoms with E-state index in [1.807, 2.05) is 6.92 Å². The Hall–Kier alpha value is -1.34. The molecule has 0 fully saturated rings. The first-order valence-corrected chi connectivity index (χ1v) is 8.80. The van der Waals surface area contributed by atoms with Crippen LogP contribution in [0.5, 0.6) is 0 Å². The van der Waals surface area contributed by atoms with Crippen molar-refractivity contribution in [1.29, 1.82) is 0 Å². The normalized spacial score (nSPS) is 21.5. The summed E-state index contributed by atoms with van der Waals surface area (Å²) in [5.41, 5.74) is 5.79. The van der Waals surface area contributed by atoms with Crippen LogP contribution in [0.15, 0.2) is 58.7 Å². The van der Waals surface area contributed by atoms with Gasteiger partial charge >= 0.3 is 0 Å². The molecule has 0 heterocycles. The van der Waals surface area contributed by atoms with E-state index in [0.717, 1.165) is 0 Å². The lowest BCUT2D eigenvalue weighted by molar-refractivity contribution is 0.198. The molecule has 1 heteroatoms. The smallest absolute Gasteiger partial charge is 0.0546 e.